The van der Waals surface area contributed by atoms with Crippen molar-refractivity contribution in [2.24, 2.45) is 5.73 Å². The minimum atomic E-state index is -1.43. The van der Waals surface area contributed by atoms with Crippen LogP contribution in [0.25, 0.3) is 0 Å². The molecular formula is C12H17N3O3SSn. The second-order valence-electron chi connectivity index (χ2n) is 4.28. The molecule has 0 aliphatic heterocycles. The Morgan fingerprint density at radius 1 is 1.15 bits per heavy atom. The van der Waals surface area contributed by atoms with E-state index < -0.39 is 31.6 Å². The molecule has 0 atom stereocenters. The van der Waals surface area contributed by atoms with E-state index in [4.69, 9.17) is 5.73 Å². The van der Waals surface area contributed by atoms with Crippen LogP contribution in [0.3, 0.4) is 0 Å². The number of carbonyl (C=O) groups is 2. The molecule has 0 saturated carbocycles. The molecule has 0 heterocycles. The fourth-order valence-corrected chi connectivity index (χ4v) is 1.10. The van der Waals surface area contributed by atoms with Crippen LogP contribution in [-0.2, 0) is 0 Å². The quantitative estimate of drug-likeness (QED) is 0.363. The molecule has 1 amide bonds. The van der Waals surface area contributed by atoms with Gasteiger partial charge in [0.2, 0.25) is 0 Å². The summed E-state index contributed by atoms with van der Waals surface area (Å²) < 4.78 is 0. The van der Waals surface area contributed by atoms with Gasteiger partial charge in [-0.1, -0.05) is 18.2 Å². The number of nitrogens with two attached hydrogens (primary N) is 1. The second kappa shape index (κ2) is 9.54. The van der Waals surface area contributed by atoms with Crippen LogP contribution in [0, 0.1) is 0 Å². The summed E-state index contributed by atoms with van der Waals surface area (Å²) >= 11 is 3.93. The van der Waals surface area contributed by atoms with Crippen molar-refractivity contribution in [3.8, 4) is 0 Å². The Balaban J connectivity index is 0.000000796. The molecule has 4 N–H and O–H groups in total. The van der Waals surface area contributed by atoms with Gasteiger partial charge >= 0.3 is 34.6 Å². The second-order valence-corrected chi connectivity index (χ2v) is 13.3. The molecule has 0 aliphatic carbocycles. The molecule has 108 valence electrons. The van der Waals surface area contributed by atoms with E-state index >= 15 is 0 Å². The van der Waals surface area contributed by atoms with Crippen LogP contribution < -0.4 is 21.7 Å². The van der Waals surface area contributed by atoms with Crippen molar-refractivity contribution in [1.29, 1.82) is 0 Å². The predicted molar refractivity (Wildman–Crippen MR) is 81.5 cm³/mol. The number of thiocarbonyl (C=S) groups is 1. The van der Waals surface area contributed by atoms with Crippen LogP contribution in [0.4, 0.5) is 0 Å². The number of nitrogens with one attached hydrogen (secondary N) is 2. The molecule has 0 radical (unpaired) electrons. The molecule has 0 saturated heterocycles. The van der Waals surface area contributed by atoms with E-state index in [-0.39, 0.29) is 16.2 Å². The molecule has 20 heavy (non-hydrogen) atoms. The average Bonchev–Trinajstić information content (AvgIpc) is 2.35. The fraction of sp³-hybridized carbons (Fsp3) is 0.250. The van der Waals surface area contributed by atoms with Gasteiger partial charge in [-0.15, -0.1) is 0 Å². The number of carboxylic acid groups (broad SMARTS) is 1. The van der Waals surface area contributed by atoms with Crippen molar-refractivity contribution in [3.05, 3.63) is 35.4 Å². The summed E-state index contributed by atoms with van der Waals surface area (Å²) in [6.45, 7) is 0. The summed E-state index contributed by atoms with van der Waals surface area (Å²) in [6.07, 6.45) is 0. The first kappa shape index (κ1) is 18.6. The zero-order valence-corrected chi connectivity index (χ0v) is 15.2. The summed E-state index contributed by atoms with van der Waals surface area (Å²) in [7, 11) is 0. The summed E-state index contributed by atoms with van der Waals surface area (Å²) in [6, 6.07) is 5.64. The number of amides is 1. The van der Waals surface area contributed by atoms with E-state index in [0.717, 1.165) is 0 Å². The van der Waals surface area contributed by atoms with Gasteiger partial charge in [0, 0.05) is 5.56 Å². The molecule has 1 aromatic rings. The molecule has 1 rings (SSSR count). The number of aromatic carboxylic acids is 1. The molecule has 0 fully saturated rings. The molecule has 6 nitrogen and oxygen atoms in total. The van der Waals surface area contributed by atoms with Crippen molar-refractivity contribution in [3.63, 3.8) is 0 Å². The van der Waals surface area contributed by atoms with E-state index in [0.29, 0.717) is 0 Å². The molecule has 8 heteroatoms. The summed E-state index contributed by atoms with van der Waals surface area (Å²) in [5, 5.41) is 10.6. The topological polar surface area (TPSA) is 107 Å². The Hall–Kier alpha value is -1.35. The minimum absolute atomic E-state index is 0.0359. The first-order valence-electron chi connectivity index (χ1n) is 5.68. The van der Waals surface area contributed by atoms with Crippen LogP contribution >= 0.6 is 12.2 Å². The fourth-order valence-electron chi connectivity index (χ4n) is 1.04. The molecule has 0 unspecified atom stereocenters. The van der Waals surface area contributed by atoms with Gasteiger partial charge in [-0.05, 0) is 18.3 Å². The van der Waals surface area contributed by atoms with Crippen LogP contribution in [0.15, 0.2) is 24.3 Å². The predicted octanol–water partition coefficient (Wildman–Crippen LogP) is -0.101. The van der Waals surface area contributed by atoms with E-state index in [1.807, 2.05) is 0 Å². The van der Waals surface area contributed by atoms with Gasteiger partial charge in [-0.25, -0.2) is 0 Å². The van der Waals surface area contributed by atoms with E-state index in [2.05, 4.69) is 37.9 Å². The molecule has 0 spiro atoms. The first-order chi connectivity index (χ1) is 9.25. The summed E-state index contributed by atoms with van der Waals surface area (Å²) in [4.78, 5) is 29.3. The number of carboxylic acids is 1. The van der Waals surface area contributed by atoms with Crippen molar-refractivity contribution in [2.75, 3.05) is 0 Å². The van der Waals surface area contributed by atoms with E-state index in [1.54, 1.807) is 0 Å². The molecule has 0 bridgehead atoms. The SMILES string of the molecule is NC(=S)NNC(=O)c1ccccc1C(=O)[O-].[CH3][Sn+]([CH3])[CH3]. The molecule has 1 aromatic carbocycles. The molecule has 0 aliphatic rings. The summed E-state index contributed by atoms with van der Waals surface area (Å²) in [5.41, 5.74) is 9.21. The number of hydrogen-bond donors (Lipinski definition) is 3. The van der Waals surface area contributed by atoms with Crippen molar-refractivity contribution in [2.45, 2.75) is 14.8 Å². The van der Waals surface area contributed by atoms with E-state index in [9.17, 15) is 14.7 Å². The Morgan fingerprint density at radius 3 is 2.00 bits per heavy atom. The third kappa shape index (κ3) is 7.95. The zero-order chi connectivity index (χ0) is 15.7. The Labute approximate surface area is 130 Å². The standard InChI is InChI=1S/C9H9N3O3S.3CH3.Sn/c10-9(16)12-11-7(13)5-3-1-2-4-6(5)8(14)15;;;;/h1-4H,(H,11,13)(H,14,15)(H3,10,12,16);3*1H3;/q;;;;+1/p-1. The Kier molecular flexibility index (Phi) is 8.89. The number of carbonyl (C=O) groups excluding carboxylic acids is 2. The third-order valence-electron chi connectivity index (χ3n) is 1.69. The molecule has 0 aromatic heterocycles. The van der Waals surface area contributed by atoms with Gasteiger partial charge in [-0.2, -0.15) is 0 Å². The van der Waals surface area contributed by atoms with E-state index in [1.165, 1.54) is 24.3 Å². The maximum absolute atomic E-state index is 11.5. The monoisotopic (exact) mass is 403 g/mol. The van der Waals surface area contributed by atoms with Gasteiger partial charge < -0.3 is 15.6 Å². The zero-order valence-electron chi connectivity index (χ0n) is 11.5. The van der Waals surface area contributed by atoms with Crippen LogP contribution in [0.5, 0.6) is 0 Å². The summed E-state index contributed by atoms with van der Waals surface area (Å²) in [5.74, 6) is -2.09. The number of benzene rings is 1. The normalized spacial score (nSPS) is 8.75. The Morgan fingerprint density at radius 2 is 1.60 bits per heavy atom. The van der Waals surface area contributed by atoms with Crippen molar-refractivity contribution < 1.29 is 14.7 Å². The van der Waals surface area contributed by atoms with Crippen LogP contribution in [0.2, 0.25) is 14.8 Å². The third-order valence-corrected chi connectivity index (χ3v) is 1.79. The van der Waals surface area contributed by atoms with Gasteiger partial charge in [0.05, 0.1) is 11.5 Å². The Bertz CT molecular complexity index is 492. The first-order valence-corrected chi connectivity index (χ1v) is 14.7. The average molecular weight is 402 g/mol. The van der Waals surface area contributed by atoms with Crippen molar-refractivity contribution in [1.82, 2.24) is 10.9 Å². The van der Waals surface area contributed by atoms with Crippen LogP contribution in [-0.4, -0.2) is 36.7 Å². The number of hydrazine groups is 1. The van der Waals surface area contributed by atoms with Gasteiger partial charge in [0.15, 0.2) is 5.11 Å². The van der Waals surface area contributed by atoms with Crippen molar-refractivity contribution >= 4 is 49.0 Å². The van der Waals surface area contributed by atoms with Gasteiger partial charge in [0.1, 0.15) is 0 Å². The van der Waals surface area contributed by atoms with Gasteiger partial charge in [0.25, 0.3) is 5.91 Å². The molecular weight excluding hydrogens is 385 g/mol. The number of rotatable bonds is 2. The van der Waals surface area contributed by atoms with Gasteiger partial charge in [-0.3, -0.25) is 15.6 Å². The van der Waals surface area contributed by atoms with Crippen LogP contribution in [0.1, 0.15) is 20.7 Å². The maximum atomic E-state index is 11.5. The number of hydrogen-bond acceptors (Lipinski definition) is 4.